The Labute approximate surface area is 131 Å². The fourth-order valence-corrected chi connectivity index (χ4v) is 3.01. The number of hydrogen-bond donors (Lipinski definition) is 1. The fourth-order valence-electron chi connectivity index (χ4n) is 2.51. The minimum Gasteiger partial charge on any atom is -0.353 e. The van der Waals surface area contributed by atoms with Crippen LogP contribution >= 0.6 is 15.9 Å². The Bertz CT molecular complexity index is 635. The van der Waals surface area contributed by atoms with Gasteiger partial charge in [0.1, 0.15) is 11.9 Å². The summed E-state index contributed by atoms with van der Waals surface area (Å²) in [5.41, 5.74) is 0.964. The Hall–Kier alpha value is -1.79. The molecule has 1 aliphatic heterocycles. The lowest BCUT2D eigenvalue weighted by Gasteiger charge is -2.35. The third-order valence-electron chi connectivity index (χ3n) is 3.48. The van der Waals surface area contributed by atoms with Gasteiger partial charge in [-0.1, -0.05) is 34.1 Å². The second kappa shape index (κ2) is 6.32. The fraction of sp³-hybridized carbons (Fsp3) is 0.267. The van der Waals surface area contributed by atoms with Crippen molar-refractivity contribution in [1.29, 1.82) is 0 Å². The topological polar surface area (TPSA) is 58.1 Å². The van der Waals surface area contributed by atoms with E-state index < -0.39 is 0 Å². The van der Waals surface area contributed by atoms with E-state index in [0.717, 1.165) is 22.4 Å². The predicted molar refractivity (Wildman–Crippen MR) is 82.3 cm³/mol. The highest BCUT2D eigenvalue weighted by Gasteiger charge is 2.32. The van der Waals surface area contributed by atoms with Crippen LogP contribution in [0.2, 0.25) is 0 Å². The number of amides is 1. The van der Waals surface area contributed by atoms with E-state index in [0.29, 0.717) is 13.1 Å². The minimum atomic E-state index is -0.321. The van der Waals surface area contributed by atoms with Gasteiger partial charge in [-0.3, -0.25) is 9.69 Å². The van der Waals surface area contributed by atoms with Crippen LogP contribution in [-0.2, 0) is 11.3 Å². The van der Waals surface area contributed by atoms with Crippen LogP contribution in [0.1, 0.15) is 17.4 Å². The van der Waals surface area contributed by atoms with Crippen molar-refractivity contribution in [2.45, 2.75) is 12.6 Å². The third-order valence-corrected chi connectivity index (χ3v) is 4.20. The second-order valence-electron chi connectivity index (χ2n) is 4.85. The first-order valence-electron chi connectivity index (χ1n) is 6.78. The van der Waals surface area contributed by atoms with Crippen LogP contribution in [0.25, 0.3) is 0 Å². The molecule has 1 atom stereocenters. The van der Waals surface area contributed by atoms with E-state index in [9.17, 15) is 4.79 Å². The van der Waals surface area contributed by atoms with Gasteiger partial charge in [0.2, 0.25) is 5.91 Å². The average Bonchev–Trinajstić information content (AvgIpc) is 2.50. The van der Waals surface area contributed by atoms with Crippen LogP contribution in [0.5, 0.6) is 0 Å². The van der Waals surface area contributed by atoms with Crippen molar-refractivity contribution < 1.29 is 4.79 Å². The van der Waals surface area contributed by atoms with Crippen molar-refractivity contribution in [2.24, 2.45) is 0 Å². The zero-order valence-corrected chi connectivity index (χ0v) is 13.0. The number of carbonyl (C=O) groups excluding carboxylic acids is 1. The maximum Gasteiger partial charge on any atom is 0.242 e. The molecular formula is C15H15BrN4O. The van der Waals surface area contributed by atoms with Gasteiger partial charge < -0.3 is 5.32 Å². The van der Waals surface area contributed by atoms with E-state index in [1.807, 2.05) is 24.3 Å². The summed E-state index contributed by atoms with van der Waals surface area (Å²) >= 11 is 3.53. The largest absolute Gasteiger partial charge is 0.353 e. The zero-order valence-electron chi connectivity index (χ0n) is 11.4. The van der Waals surface area contributed by atoms with Gasteiger partial charge in [0.05, 0.1) is 6.54 Å². The first kappa shape index (κ1) is 14.2. The maximum absolute atomic E-state index is 12.3. The van der Waals surface area contributed by atoms with Crippen LogP contribution in [0.3, 0.4) is 0 Å². The van der Waals surface area contributed by atoms with Crippen molar-refractivity contribution in [3.05, 3.63) is 58.6 Å². The van der Waals surface area contributed by atoms with Crippen LogP contribution in [0.15, 0.2) is 47.2 Å². The summed E-state index contributed by atoms with van der Waals surface area (Å²) < 4.78 is 0.936. The van der Waals surface area contributed by atoms with E-state index in [1.165, 1.54) is 0 Å². The Morgan fingerprint density at radius 1 is 1.24 bits per heavy atom. The van der Waals surface area contributed by atoms with E-state index in [-0.39, 0.29) is 11.9 Å². The second-order valence-corrected chi connectivity index (χ2v) is 5.70. The molecule has 1 N–H and O–H groups in total. The van der Waals surface area contributed by atoms with Crippen LogP contribution in [0, 0.1) is 0 Å². The molecule has 1 fully saturated rings. The quantitative estimate of drug-likeness (QED) is 0.922. The van der Waals surface area contributed by atoms with Crippen molar-refractivity contribution in [1.82, 2.24) is 20.2 Å². The highest BCUT2D eigenvalue weighted by Crippen LogP contribution is 2.30. The van der Waals surface area contributed by atoms with Gasteiger partial charge in [0, 0.05) is 30.0 Å². The van der Waals surface area contributed by atoms with Crippen LogP contribution in [0.4, 0.5) is 0 Å². The van der Waals surface area contributed by atoms with Gasteiger partial charge in [-0.25, -0.2) is 9.97 Å². The molecule has 2 aromatic rings. The van der Waals surface area contributed by atoms with Crippen LogP contribution in [-0.4, -0.2) is 33.9 Å². The van der Waals surface area contributed by atoms with Crippen molar-refractivity contribution in [3.63, 3.8) is 0 Å². The SMILES string of the molecule is O=C1NCCN(Cc2ncccn2)[C@@H]1c1ccccc1Br. The summed E-state index contributed by atoms with van der Waals surface area (Å²) in [5, 5.41) is 2.93. The predicted octanol–water partition coefficient (Wildman–Crippen LogP) is 1.91. The molecule has 2 heterocycles. The van der Waals surface area contributed by atoms with Gasteiger partial charge in [0.25, 0.3) is 0 Å². The lowest BCUT2D eigenvalue weighted by atomic mass is 10.0. The monoisotopic (exact) mass is 346 g/mol. The molecule has 1 aliphatic rings. The van der Waals surface area contributed by atoms with Crippen molar-refractivity contribution in [3.8, 4) is 0 Å². The van der Waals surface area contributed by atoms with Gasteiger partial charge in [-0.2, -0.15) is 0 Å². The number of hydrogen-bond acceptors (Lipinski definition) is 4. The molecule has 1 saturated heterocycles. The smallest absolute Gasteiger partial charge is 0.242 e. The minimum absolute atomic E-state index is 0.0177. The van der Waals surface area contributed by atoms with Gasteiger partial charge in [-0.05, 0) is 17.7 Å². The van der Waals surface area contributed by atoms with E-state index in [2.05, 4.69) is 36.1 Å². The van der Waals surface area contributed by atoms with E-state index in [1.54, 1.807) is 18.5 Å². The molecular weight excluding hydrogens is 332 g/mol. The summed E-state index contributed by atoms with van der Waals surface area (Å²) in [6.07, 6.45) is 3.44. The standard InChI is InChI=1S/C15H15BrN4O/c16-12-5-2-1-4-11(12)14-15(21)19-8-9-20(14)10-13-17-6-3-7-18-13/h1-7,14H,8-10H2,(H,19,21)/t14-/m1/s1. The first-order chi connectivity index (χ1) is 10.3. The number of benzene rings is 1. The molecule has 1 amide bonds. The van der Waals surface area contributed by atoms with Gasteiger partial charge >= 0.3 is 0 Å². The Morgan fingerprint density at radius 3 is 2.76 bits per heavy atom. The highest BCUT2D eigenvalue weighted by molar-refractivity contribution is 9.10. The van der Waals surface area contributed by atoms with Crippen LogP contribution < -0.4 is 5.32 Å². The molecule has 5 nitrogen and oxygen atoms in total. The Morgan fingerprint density at radius 2 is 2.00 bits per heavy atom. The number of rotatable bonds is 3. The summed E-state index contributed by atoms with van der Waals surface area (Å²) in [6, 6.07) is 9.28. The molecule has 3 rings (SSSR count). The molecule has 21 heavy (non-hydrogen) atoms. The lowest BCUT2D eigenvalue weighted by molar-refractivity contribution is -0.129. The molecule has 1 aromatic heterocycles. The molecule has 0 aliphatic carbocycles. The lowest BCUT2D eigenvalue weighted by Crippen LogP contribution is -2.49. The molecule has 108 valence electrons. The number of nitrogens with zero attached hydrogens (tertiary/aromatic N) is 3. The van der Waals surface area contributed by atoms with Crippen molar-refractivity contribution >= 4 is 21.8 Å². The number of piperazine rings is 1. The molecule has 0 bridgehead atoms. The summed E-state index contributed by atoms with van der Waals surface area (Å²) in [5.74, 6) is 0.744. The number of carbonyl (C=O) groups is 1. The van der Waals surface area contributed by atoms with Gasteiger partial charge in [-0.15, -0.1) is 0 Å². The molecule has 6 heteroatoms. The van der Waals surface area contributed by atoms with Gasteiger partial charge in [0.15, 0.2) is 0 Å². The summed E-state index contributed by atoms with van der Waals surface area (Å²) in [4.78, 5) is 22.9. The zero-order chi connectivity index (χ0) is 14.7. The van der Waals surface area contributed by atoms with E-state index in [4.69, 9.17) is 0 Å². The number of aromatic nitrogens is 2. The first-order valence-corrected chi connectivity index (χ1v) is 7.57. The number of nitrogens with one attached hydrogen (secondary N) is 1. The molecule has 0 spiro atoms. The number of halogens is 1. The van der Waals surface area contributed by atoms with E-state index >= 15 is 0 Å². The summed E-state index contributed by atoms with van der Waals surface area (Å²) in [6.45, 7) is 1.98. The molecule has 0 radical (unpaired) electrons. The average molecular weight is 347 g/mol. The molecule has 1 aromatic carbocycles. The Balaban J connectivity index is 1.90. The Kier molecular flexibility index (Phi) is 4.26. The maximum atomic E-state index is 12.3. The van der Waals surface area contributed by atoms with Crippen molar-refractivity contribution in [2.75, 3.05) is 13.1 Å². The highest BCUT2D eigenvalue weighted by atomic mass is 79.9. The molecule has 0 saturated carbocycles. The summed E-state index contributed by atoms with van der Waals surface area (Å²) in [7, 11) is 0. The molecule has 0 unspecified atom stereocenters. The normalized spacial score (nSPS) is 19.3. The third kappa shape index (κ3) is 3.11.